The normalized spacial score (nSPS) is 14.7. The Labute approximate surface area is 110 Å². The van der Waals surface area contributed by atoms with E-state index in [9.17, 15) is 4.79 Å². The molecule has 5 nitrogen and oxygen atoms in total. The highest BCUT2D eigenvalue weighted by molar-refractivity contribution is 6.18. The Hall–Kier alpha value is -2.56. The zero-order chi connectivity index (χ0) is 13.2. The van der Waals surface area contributed by atoms with E-state index in [-0.39, 0.29) is 5.91 Å². The number of aromatic nitrogens is 2. The third-order valence-electron chi connectivity index (χ3n) is 2.88. The van der Waals surface area contributed by atoms with E-state index in [1.165, 1.54) is 5.01 Å². The monoisotopic (exact) mass is 252 g/mol. The second kappa shape index (κ2) is 4.61. The highest BCUT2D eigenvalue weighted by atomic mass is 16.2. The Bertz CT molecular complexity index is 634. The van der Waals surface area contributed by atoms with E-state index < -0.39 is 0 Å². The molecule has 0 unspecified atom stereocenters. The van der Waals surface area contributed by atoms with Crippen molar-refractivity contribution in [3.8, 4) is 0 Å². The zero-order valence-corrected chi connectivity index (χ0v) is 10.4. The van der Waals surface area contributed by atoms with E-state index in [1.54, 1.807) is 6.07 Å². The number of rotatable bonds is 2. The first kappa shape index (κ1) is 11.5. The lowest BCUT2D eigenvalue weighted by Gasteiger charge is -2.08. The zero-order valence-electron chi connectivity index (χ0n) is 10.4. The fraction of sp³-hybridized carbons (Fsp3) is 0.143. The van der Waals surface area contributed by atoms with Crippen LogP contribution >= 0.6 is 0 Å². The summed E-state index contributed by atoms with van der Waals surface area (Å²) in [4.78, 5) is 12.0. The molecule has 1 aromatic carbocycles. The number of nitrogens with zero attached hydrogens (tertiary/aromatic N) is 4. The molecule has 0 saturated carbocycles. The van der Waals surface area contributed by atoms with Crippen molar-refractivity contribution >= 4 is 17.4 Å². The summed E-state index contributed by atoms with van der Waals surface area (Å²) in [5, 5.41) is 13.6. The minimum Gasteiger partial charge on any atom is -0.272 e. The van der Waals surface area contributed by atoms with Gasteiger partial charge in [0.1, 0.15) is 0 Å². The molecule has 1 amide bonds. The second-order valence-electron chi connectivity index (χ2n) is 4.33. The van der Waals surface area contributed by atoms with E-state index in [4.69, 9.17) is 0 Å². The molecule has 0 atom stereocenters. The Kier molecular flexibility index (Phi) is 2.79. The molecule has 2 heterocycles. The average molecular weight is 252 g/mol. The Morgan fingerprint density at radius 2 is 1.84 bits per heavy atom. The number of carbonyl (C=O) groups is 1. The van der Waals surface area contributed by atoms with Crippen LogP contribution in [0.3, 0.4) is 0 Å². The standard InChI is InChI=1S/C14H12N4O/c1-10-7-8-13(16-15-10)18-14(19)9-12(17-18)11-5-3-2-4-6-11/h2-8H,9H2,1H3. The molecular formula is C14H12N4O. The molecule has 0 aliphatic carbocycles. The summed E-state index contributed by atoms with van der Waals surface area (Å²) in [6.45, 7) is 1.85. The van der Waals surface area contributed by atoms with E-state index in [1.807, 2.05) is 43.3 Å². The number of hydrogen-bond donors (Lipinski definition) is 0. The molecule has 0 fully saturated rings. The summed E-state index contributed by atoms with van der Waals surface area (Å²) < 4.78 is 0. The summed E-state index contributed by atoms with van der Waals surface area (Å²) >= 11 is 0. The van der Waals surface area contributed by atoms with Gasteiger partial charge in [-0.3, -0.25) is 4.79 Å². The first-order valence-corrected chi connectivity index (χ1v) is 6.00. The third-order valence-corrected chi connectivity index (χ3v) is 2.88. The molecule has 3 rings (SSSR count). The molecule has 1 aromatic heterocycles. The molecule has 0 N–H and O–H groups in total. The van der Waals surface area contributed by atoms with Crippen molar-refractivity contribution in [3.63, 3.8) is 0 Å². The Balaban J connectivity index is 1.93. The number of hydrazone groups is 1. The van der Waals surface area contributed by atoms with Gasteiger partial charge in [0, 0.05) is 0 Å². The van der Waals surface area contributed by atoms with Crippen LogP contribution in [0.4, 0.5) is 5.82 Å². The van der Waals surface area contributed by atoms with E-state index in [2.05, 4.69) is 15.3 Å². The van der Waals surface area contributed by atoms with Crippen molar-refractivity contribution in [2.75, 3.05) is 5.01 Å². The van der Waals surface area contributed by atoms with Gasteiger partial charge in [0.2, 0.25) is 0 Å². The van der Waals surface area contributed by atoms with E-state index in [0.717, 1.165) is 17.0 Å². The van der Waals surface area contributed by atoms with Gasteiger partial charge in [-0.05, 0) is 24.6 Å². The molecular weight excluding hydrogens is 240 g/mol. The lowest BCUT2D eigenvalue weighted by Crippen LogP contribution is -2.21. The van der Waals surface area contributed by atoms with Crippen LogP contribution < -0.4 is 5.01 Å². The maximum atomic E-state index is 12.0. The summed E-state index contributed by atoms with van der Waals surface area (Å²) in [6.07, 6.45) is 0.291. The number of aryl methyl sites for hydroxylation is 1. The van der Waals surface area contributed by atoms with Crippen LogP contribution in [0.25, 0.3) is 0 Å². The molecule has 2 aromatic rings. The fourth-order valence-corrected chi connectivity index (χ4v) is 1.90. The summed E-state index contributed by atoms with van der Waals surface area (Å²) in [5.41, 5.74) is 2.52. The minimum atomic E-state index is -0.0861. The number of carbonyl (C=O) groups excluding carboxylic acids is 1. The van der Waals surface area contributed by atoms with Gasteiger partial charge in [-0.15, -0.1) is 5.10 Å². The fourth-order valence-electron chi connectivity index (χ4n) is 1.90. The Morgan fingerprint density at radius 3 is 2.53 bits per heavy atom. The van der Waals surface area contributed by atoms with Gasteiger partial charge in [-0.2, -0.15) is 15.2 Å². The van der Waals surface area contributed by atoms with Crippen molar-refractivity contribution < 1.29 is 4.79 Å². The van der Waals surface area contributed by atoms with Gasteiger partial charge >= 0.3 is 0 Å². The largest absolute Gasteiger partial charge is 0.272 e. The number of anilines is 1. The second-order valence-corrected chi connectivity index (χ2v) is 4.33. The SMILES string of the molecule is Cc1ccc(N2N=C(c3ccccc3)CC2=O)nn1. The molecule has 1 aliphatic rings. The maximum absolute atomic E-state index is 12.0. The van der Waals surface area contributed by atoms with Gasteiger partial charge < -0.3 is 0 Å². The van der Waals surface area contributed by atoms with Crippen LogP contribution in [0.5, 0.6) is 0 Å². The molecule has 0 radical (unpaired) electrons. The van der Waals surface area contributed by atoms with Crippen molar-refractivity contribution in [1.82, 2.24) is 10.2 Å². The summed E-state index contributed by atoms with van der Waals surface area (Å²) in [6, 6.07) is 13.2. The Morgan fingerprint density at radius 1 is 1.05 bits per heavy atom. The van der Waals surface area contributed by atoms with Crippen LogP contribution in [-0.4, -0.2) is 21.8 Å². The van der Waals surface area contributed by atoms with Crippen LogP contribution in [0.15, 0.2) is 47.6 Å². The lowest BCUT2D eigenvalue weighted by molar-refractivity contribution is -0.116. The minimum absolute atomic E-state index is 0.0861. The highest BCUT2D eigenvalue weighted by Gasteiger charge is 2.27. The lowest BCUT2D eigenvalue weighted by atomic mass is 10.1. The predicted molar refractivity (Wildman–Crippen MR) is 71.9 cm³/mol. The van der Waals surface area contributed by atoms with Gasteiger partial charge in [-0.1, -0.05) is 30.3 Å². The van der Waals surface area contributed by atoms with E-state index >= 15 is 0 Å². The van der Waals surface area contributed by atoms with Crippen molar-refractivity contribution in [2.24, 2.45) is 5.10 Å². The first-order chi connectivity index (χ1) is 9.24. The first-order valence-electron chi connectivity index (χ1n) is 6.00. The molecule has 1 aliphatic heterocycles. The third kappa shape index (κ3) is 2.22. The summed E-state index contributed by atoms with van der Waals surface area (Å²) in [5.74, 6) is 0.374. The average Bonchev–Trinajstić information content (AvgIpc) is 2.83. The van der Waals surface area contributed by atoms with Crippen molar-refractivity contribution in [2.45, 2.75) is 13.3 Å². The summed E-state index contributed by atoms with van der Waals surface area (Å²) in [7, 11) is 0. The van der Waals surface area contributed by atoms with E-state index in [0.29, 0.717) is 12.2 Å². The smallest absolute Gasteiger partial charge is 0.255 e. The number of benzene rings is 1. The number of hydrogen-bond acceptors (Lipinski definition) is 4. The van der Waals surface area contributed by atoms with Crippen LogP contribution in [0, 0.1) is 6.92 Å². The molecule has 0 spiro atoms. The van der Waals surface area contributed by atoms with Crippen LogP contribution in [-0.2, 0) is 4.79 Å². The molecule has 94 valence electrons. The van der Waals surface area contributed by atoms with Crippen LogP contribution in [0.1, 0.15) is 17.7 Å². The van der Waals surface area contributed by atoms with Gasteiger partial charge in [-0.25, -0.2) is 0 Å². The van der Waals surface area contributed by atoms with Gasteiger partial charge in [0.15, 0.2) is 5.82 Å². The molecule has 19 heavy (non-hydrogen) atoms. The quantitative estimate of drug-likeness (QED) is 0.820. The van der Waals surface area contributed by atoms with Crippen molar-refractivity contribution in [3.05, 3.63) is 53.7 Å². The van der Waals surface area contributed by atoms with Gasteiger partial charge in [0.25, 0.3) is 5.91 Å². The maximum Gasteiger partial charge on any atom is 0.255 e. The molecule has 0 saturated heterocycles. The highest BCUT2D eigenvalue weighted by Crippen LogP contribution is 2.20. The molecule has 0 bridgehead atoms. The van der Waals surface area contributed by atoms with Crippen molar-refractivity contribution in [1.29, 1.82) is 0 Å². The molecule has 5 heteroatoms. The predicted octanol–water partition coefficient (Wildman–Crippen LogP) is 1.93. The van der Waals surface area contributed by atoms with Gasteiger partial charge in [0.05, 0.1) is 17.8 Å². The topological polar surface area (TPSA) is 58.5 Å². The number of amides is 1. The van der Waals surface area contributed by atoms with Crippen LogP contribution in [0.2, 0.25) is 0 Å².